The lowest BCUT2D eigenvalue weighted by Crippen LogP contribution is -2.10. The van der Waals surface area contributed by atoms with E-state index in [0.29, 0.717) is 11.1 Å². The molecule has 4 rings (SSSR count). The normalized spacial score (nSPS) is 11.0. The number of hydrogen-bond donors (Lipinski definition) is 1. The molecule has 2 heterocycles. The zero-order chi connectivity index (χ0) is 20.7. The number of benzene rings is 2. The molecule has 4 aromatic rings. The molecule has 2 aromatic heterocycles. The maximum atomic E-state index is 14.6. The largest absolute Gasteiger partial charge is 0.478 e. The van der Waals surface area contributed by atoms with Gasteiger partial charge in [-0.15, -0.1) is 0 Å². The van der Waals surface area contributed by atoms with Crippen molar-refractivity contribution in [3.63, 3.8) is 0 Å². The third-order valence-electron chi connectivity index (χ3n) is 4.61. The summed E-state index contributed by atoms with van der Waals surface area (Å²) in [6, 6.07) is 12.6. The van der Waals surface area contributed by atoms with E-state index in [1.54, 1.807) is 0 Å². The molecular weight excluding hydrogens is 383 g/mol. The van der Waals surface area contributed by atoms with Gasteiger partial charge in [-0.3, -0.25) is 4.79 Å². The summed E-state index contributed by atoms with van der Waals surface area (Å²) in [6.45, 7) is 0. The van der Waals surface area contributed by atoms with E-state index in [9.17, 15) is 22.8 Å². The summed E-state index contributed by atoms with van der Waals surface area (Å²) < 4.78 is 44.1. The Balaban J connectivity index is 1.94. The molecule has 144 valence electrons. The van der Waals surface area contributed by atoms with Gasteiger partial charge in [0.2, 0.25) is 5.78 Å². The average molecular weight is 395 g/mol. The standard InChI is InChI=1S/C22H12F3NO3/c23-15-3-1-4-16(24)19(15)21(27)18-11-14(20-17(25)5-2-10-26(18)20)12-6-8-13(9-7-12)22(28)29/h1-11H,(H,28,29). The fraction of sp³-hybridized carbons (Fsp3) is 0. The molecule has 0 saturated heterocycles. The predicted octanol–water partition coefficient (Wildman–Crippen LogP) is 4.95. The second-order valence-corrected chi connectivity index (χ2v) is 6.33. The zero-order valence-corrected chi connectivity index (χ0v) is 14.7. The number of carbonyl (C=O) groups is 2. The number of aromatic nitrogens is 1. The van der Waals surface area contributed by atoms with Gasteiger partial charge < -0.3 is 9.51 Å². The summed E-state index contributed by atoms with van der Waals surface area (Å²) in [4.78, 5) is 23.9. The van der Waals surface area contributed by atoms with Crippen molar-refractivity contribution < 1.29 is 27.9 Å². The Bertz CT molecular complexity index is 1260. The highest BCUT2D eigenvalue weighted by molar-refractivity contribution is 6.10. The van der Waals surface area contributed by atoms with Crippen molar-refractivity contribution in [2.45, 2.75) is 0 Å². The number of pyridine rings is 1. The van der Waals surface area contributed by atoms with Crippen molar-refractivity contribution in [1.82, 2.24) is 4.40 Å². The van der Waals surface area contributed by atoms with Crippen LogP contribution in [0.3, 0.4) is 0 Å². The summed E-state index contributed by atoms with van der Waals surface area (Å²) in [5, 5.41) is 9.04. The second kappa shape index (κ2) is 6.94. The van der Waals surface area contributed by atoms with Gasteiger partial charge in [-0.2, -0.15) is 0 Å². The van der Waals surface area contributed by atoms with E-state index in [2.05, 4.69) is 0 Å². The highest BCUT2D eigenvalue weighted by Crippen LogP contribution is 2.32. The maximum Gasteiger partial charge on any atom is 0.335 e. The van der Waals surface area contributed by atoms with Crippen LogP contribution in [0.5, 0.6) is 0 Å². The molecule has 0 radical (unpaired) electrons. The Kier molecular flexibility index (Phi) is 4.43. The summed E-state index contributed by atoms with van der Waals surface area (Å²) in [6.07, 6.45) is 1.42. The lowest BCUT2D eigenvalue weighted by atomic mass is 10.0. The highest BCUT2D eigenvalue weighted by Gasteiger charge is 2.24. The summed E-state index contributed by atoms with van der Waals surface area (Å²) in [5.41, 5.74) is -0.0336. The average Bonchev–Trinajstić information content (AvgIpc) is 3.09. The molecule has 0 atom stereocenters. The molecule has 0 amide bonds. The number of carboxylic acid groups (broad SMARTS) is 1. The van der Waals surface area contributed by atoms with Gasteiger partial charge in [-0.05, 0) is 48.0 Å². The van der Waals surface area contributed by atoms with Crippen LogP contribution >= 0.6 is 0 Å². The van der Waals surface area contributed by atoms with Crippen molar-refractivity contribution in [3.8, 4) is 11.1 Å². The lowest BCUT2D eigenvalue weighted by Gasteiger charge is -2.05. The van der Waals surface area contributed by atoms with Crippen LogP contribution in [-0.4, -0.2) is 21.3 Å². The molecule has 0 saturated carbocycles. The Morgan fingerprint density at radius 3 is 2.07 bits per heavy atom. The number of hydrogen-bond acceptors (Lipinski definition) is 2. The molecule has 0 fully saturated rings. The molecule has 7 heteroatoms. The van der Waals surface area contributed by atoms with Gasteiger partial charge in [-0.1, -0.05) is 18.2 Å². The van der Waals surface area contributed by atoms with Gasteiger partial charge in [0.05, 0.1) is 22.3 Å². The lowest BCUT2D eigenvalue weighted by molar-refractivity contribution is 0.0696. The Morgan fingerprint density at radius 1 is 0.828 bits per heavy atom. The summed E-state index contributed by atoms with van der Waals surface area (Å²) >= 11 is 0. The first-order valence-electron chi connectivity index (χ1n) is 8.50. The number of nitrogens with zero attached hydrogens (tertiary/aromatic N) is 1. The Morgan fingerprint density at radius 2 is 1.45 bits per heavy atom. The second-order valence-electron chi connectivity index (χ2n) is 6.33. The Hall–Kier alpha value is -3.87. The van der Waals surface area contributed by atoms with E-state index in [0.717, 1.165) is 18.2 Å². The number of rotatable bonds is 4. The first-order chi connectivity index (χ1) is 13.9. The molecule has 4 nitrogen and oxygen atoms in total. The minimum absolute atomic E-state index is 0.0377. The SMILES string of the molecule is O=C(O)c1ccc(-c2cc(C(=O)c3c(F)cccc3F)n3cccc(F)c23)cc1. The molecule has 0 bridgehead atoms. The van der Waals surface area contributed by atoms with Crippen LogP contribution in [0.4, 0.5) is 13.2 Å². The quantitative estimate of drug-likeness (QED) is 0.497. The number of fused-ring (bicyclic) bond motifs is 1. The molecule has 0 aliphatic carbocycles. The van der Waals surface area contributed by atoms with Gasteiger partial charge in [-0.25, -0.2) is 18.0 Å². The van der Waals surface area contributed by atoms with Crippen molar-refractivity contribution in [1.29, 1.82) is 0 Å². The van der Waals surface area contributed by atoms with Gasteiger partial charge in [0, 0.05) is 11.8 Å². The van der Waals surface area contributed by atoms with Crippen molar-refractivity contribution in [3.05, 3.63) is 101 Å². The zero-order valence-electron chi connectivity index (χ0n) is 14.7. The van der Waals surface area contributed by atoms with Crippen molar-refractivity contribution in [2.75, 3.05) is 0 Å². The molecule has 29 heavy (non-hydrogen) atoms. The molecule has 1 N–H and O–H groups in total. The van der Waals surface area contributed by atoms with Crippen LogP contribution in [0.2, 0.25) is 0 Å². The fourth-order valence-corrected chi connectivity index (χ4v) is 3.25. The molecule has 0 spiro atoms. The predicted molar refractivity (Wildman–Crippen MR) is 99.5 cm³/mol. The highest BCUT2D eigenvalue weighted by atomic mass is 19.1. The number of carboxylic acids is 1. The van der Waals surface area contributed by atoms with Gasteiger partial charge in [0.1, 0.15) is 17.5 Å². The van der Waals surface area contributed by atoms with Crippen LogP contribution in [0, 0.1) is 17.5 Å². The van der Waals surface area contributed by atoms with Crippen molar-refractivity contribution in [2.24, 2.45) is 0 Å². The van der Waals surface area contributed by atoms with E-state index in [4.69, 9.17) is 5.11 Å². The molecule has 0 aliphatic heterocycles. The molecule has 2 aromatic carbocycles. The number of ketones is 1. The van der Waals surface area contributed by atoms with E-state index < -0.39 is 34.8 Å². The minimum atomic E-state index is -1.12. The van der Waals surface area contributed by atoms with Crippen LogP contribution in [0.25, 0.3) is 16.6 Å². The van der Waals surface area contributed by atoms with Crippen LogP contribution < -0.4 is 0 Å². The van der Waals surface area contributed by atoms with Crippen molar-refractivity contribution >= 4 is 17.3 Å². The molecule has 0 aliphatic rings. The number of aromatic carboxylic acids is 1. The monoisotopic (exact) mass is 395 g/mol. The summed E-state index contributed by atoms with van der Waals surface area (Å²) in [5.74, 6) is -4.73. The van der Waals surface area contributed by atoms with E-state index in [-0.39, 0.29) is 16.8 Å². The summed E-state index contributed by atoms with van der Waals surface area (Å²) in [7, 11) is 0. The third kappa shape index (κ3) is 3.06. The first-order valence-corrected chi connectivity index (χ1v) is 8.50. The van der Waals surface area contributed by atoms with Gasteiger partial charge in [0.15, 0.2) is 0 Å². The fourth-order valence-electron chi connectivity index (χ4n) is 3.25. The van der Waals surface area contributed by atoms with Gasteiger partial charge >= 0.3 is 5.97 Å². The van der Waals surface area contributed by atoms with Crippen LogP contribution in [-0.2, 0) is 0 Å². The Labute approximate surface area is 162 Å². The number of halogens is 3. The van der Waals surface area contributed by atoms with Crippen LogP contribution in [0.1, 0.15) is 26.4 Å². The minimum Gasteiger partial charge on any atom is -0.478 e. The van der Waals surface area contributed by atoms with E-state index in [1.807, 2.05) is 0 Å². The third-order valence-corrected chi connectivity index (χ3v) is 4.61. The molecular formula is C22H12F3NO3. The van der Waals surface area contributed by atoms with E-state index >= 15 is 0 Å². The van der Waals surface area contributed by atoms with Gasteiger partial charge in [0.25, 0.3) is 0 Å². The number of carbonyl (C=O) groups excluding carboxylic acids is 1. The topological polar surface area (TPSA) is 58.8 Å². The smallest absolute Gasteiger partial charge is 0.335 e. The maximum absolute atomic E-state index is 14.6. The van der Waals surface area contributed by atoms with Crippen LogP contribution in [0.15, 0.2) is 66.9 Å². The first kappa shape index (κ1) is 18.5. The molecule has 0 unspecified atom stereocenters. The van der Waals surface area contributed by atoms with E-state index in [1.165, 1.54) is 53.1 Å².